The Kier molecular flexibility index (Phi) is 9.87. The fourth-order valence-corrected chi connectivity index (χ4v) is 1.64. The molecule has 0 saturated heterocycles. The zero-order valence-corrected chi connectivity index (χ0v) is 13.1. The SMILES string of the molecule is CC(=O)OC/C=C(\C)CCC=C(C)CCC=C(C)C. The van der Waals surface area contributed by atoms with Crippen LogP contribution in [0.15, 0.2) is 34.9 Å². The van der Waals surface area contributed by atoms with Gasteiger partial charge in [0, 0.05) is 6.92 Å². The van der Waals surface area contributed by atoms with E-state index in [4.69, 9.17) is 4.74 Å². The third kappa shape index (κ3) is 12.9. The summed E-state index contributed by atoms with van der Waals surface area (Å²) >= 11 is 0. The van der Waals surface area contributed by atoms with E-state index >= 15 is 0 Å². The fraction of sp³-hybridized carbons (Fsp3) is 0.588. The van der Waals surface area contributed by atoms with E-state index in [9.17, 15) is 4.79 Å². The number of esters is 1. The number of hydrogen-bond acceptors (Lipinski definition) is 2. The number of allylic oxidation sites excluding steroid dienone is 5. The number of carbonyl (C=O) groups is 1. The summed E-state index contributed by atoms with van der Waals surface area (Å²) in [5, 5.41) is 0. The summed E-state index contributed by atoms with van der Waals surface area (Å²) in [6.45, 7) is 10.4. The molecular weight excluding hydrogens is 236 g/mol. The quantitative estimate of drug-likeness (QED) is 0.457. The molecule has 0 heterocycles. The maximum atomic E-state index is 10.6. The van der Waals surface area contributed by atoms with Gasteiger partial charge >= 0.3 is 5.97 Å². The molecule has 0 aromatic rings. The standard InChI is InChI=1S/C17H28O2/c1-14(2)8-6-9-15(3)10-7-11-16(4)12-13-19-17(5)18/h8,10,12H,6-7,9,11,13H2,1-5H3/b15-10?,16-12+. The van der Waals surface area contributed by atoms with Crippen molar-refractivity contribution < 1.29 is 9.53 Å². The number of carbonyl (C=O) groups excluding carboxylic acids is 1. The summed E-state index contributed by atoms with van der Waals surface area (Å²) in [5.74, 6) is -0.223. The summed E-state index contributed by atoms with van der Waals surface area (Å²) in [5.41, 5.74) is 4.11. The van der Waals surface area contributed by atoms with E-state index in [1.165, 1.54) is 23.6 Å². The van der Waals surface area contributed by atoms with Gasteiger partial charge in [0.25, 0.3) is 0 Å². The van der Waals surface area contributed by atoms with E-state index in [1.807, 2.05) is 6.08 Å². The molecule has 0 rings (SSSR count). The zero-order chi connectivity index (χ0) is 14.7. The van der Waals surface area contributed by atoms with Crippen molar-refractivity contribution in [1.82, 2.24) is 0 Å². The van der Waals surface area contributed by atoms with Gasteiger partial charge in [0.15, 0.2) is 0 Å². The molecule has 0 aliphatic heterocycles. The molecule has 0 aliphatic carbocycles. The van der Waals surface area contributed by atoms with Crippen LogP contribution in [0.25, 0.3) is 0 Å². The first-order valence-corrected chi connectivity index (χ1v) is 6.99. The predicted molar refractivity (Wildman–Crippen MR) is 82.0 cm³/mol. The maximum Gasteiger partial charge on any atom is 0.302 e. The normalized spacial score (nSPS) is 12.3. The van der Waals surface area contributed by atoms with E-state index in [0.29, 0.717) is 6.61 Å². The van der Waals surface area contributed by atoms with Gasteiger partial charge in [-0.1, -0.05) is 28.9 Å². The van der Waals surface area contributed by atoms with Gasteiger partial charge in [-0.15, -0.1) is 0 Å². The minimum atomic E-state index is -0.223. The Bertz CT molecular complexity index is 355. The smallest absolute Gasteiger partial charge is 0.302 e. The lowest BCUT2D eigenvalue weighted by molar-refractivity contribution is -0.139. The van der Waals surface area contributed by atoms with Crippen molar-refractivity contribution in [1.29, 1.82) is 0 Å². The molecule has 0 unspecified atom stereocenters. The molecule has 0 N–H and O–H groups in total. The maximum absolute atomic E-state index is 10.6. The summed E-state index contributed by atoms with van der Waals surface area (Å²) < 4.78 is 4.88. The lowest BCUT2D eigenvalue weighted by atomic mass is 10.1. The first-order chi connectivity index (χ1) is 8.91. The monoisotopic (exact) mass is 264 g/mol. The highest BCUT2D eigenvalue weighted by atomic mass is 16.5. The van der Waals surface area contributed by atoms with Crippen LogP contribution in [0.1, 0.15) is 60.3 Å². The van der Waals surface area contributed by atoms with Crippen molar-refractivity contribution in [3.8, 4) is 0 Å². The van der Waals surface area contributed by atoms with Crippen LogP contribution in [0.2, 0.25) is 0 Å². The van der Waals surface area contributed by atoms with Crippen LogP contribution >= 0.6 is 0 Å². The molecule has 0 radical (unpaired) electrons. The Morgan fingerprint density at radius 2 is 1.37 bits per heavy atom. The Hall–Kier alpha value is -1.31. The third-order valence-electron chi connectivity index (χ3n) is 2.84. The van der Waals surface area contributed by atoms with Crippen LogP contribution in [0, 0.1) is 0 Å². The molecule has 2 nitrogen and oxygen atoms in total. The zero-order valence-electron chi connectivity index (χ0n) is 13.1. The first-order valence-electron chi connectivity index (χ1n) is 6.99. The molecule has 2 heteroatoms. The fourth-order valence-electron chi connectivity index (χ4n) is 1.64. The molecule has 0 fully saturated rings. The second-order valence-corrected chi connectivity index (χ2v) is 5.26. The molecule has 0 amide bonds. The van der Waals surface area contributed by atoms with Crippen molar-refractivity contribution in [2.45, 2.75) is 60.3 Å². The minimum Gasteiger partial charge on any atom is -0.462 e. The van der Waals surface area contributed by atoms with Crippen LogP contribution in [-0.2, 0) is 9.53 Å². The Labute approximate surface area is 118 Å². The van der Waals surface area contributed by atoms with E-state index in [0.717, 1.165) is 25.7 Å². The summed E-state index contributed by atoms with van der Waals surface area (Å²) in [4.78, 5) is 10.6. The largest absolute Gasteiger partial charge is 0.462 e. The van der Waals surface area contributed by atoms with Crippen LogP contribution in [0.5, 0.6) is 0 Å². The predicted octanol–water partition coefficient (Wildman–Crippen LogP) is 4.97. The molecule has 0 aliphatic rings. The highest BCUT2D eigenvalue weighted by Gasteiger charge is 1.93. The molecule has 0 spiro atoms. The Balaban J connectivity index is 3.86. The van der Waals surface area contributed by atoms with Crippen molar-refractivity contribution >= 4 is 5.97 Å². The van der Waals surface area contributed by atoms with Crippen LogP contribution in [0.3, 0.4) is 0 Å². The van der Waals surface area contributed by atoms with E-state index < -0.39 is 0 Å². The van der Waals surface area contributed by atoms with Gasteiger partial charge in [0.2, 0.25) is 0 Å². The van der Waals surface area contributed by atoms with Crippen molar-refractivity contribution in [3.05, 3.63) is 34.9 Å². The summed E-state index contributed by atoms with van der Waals surface area (Å²) in [6, 6.07) is 0. The molecule has 19 heavy (non-hydrogen) atoms. The van der Waals surface area contributed by atoms with Gasteiger partial charge in [-0.05, 0) is 59.5 Å². The third-order valence-corrected chi connectivity index (χ3v) is 2.84. The number of hydrogen-bond donors (Lipinski definition) is 0. The van der Waals surface area contributed by atoms with Crippen LogP contribution < -0.4 is 0 Å². The lowest BCUT2D eigenvalue weighted by Gasteiger charge is -2.02. The van der Waals surface area contributed by atoms with Gasteiger partial charge in [-0.2, -0.15) is 0 Å². The molecule has 0 saturated carbocycles. The van der Waals surface area contributed by atoms with E-state index in [1.54, 1.807) is 0 Å². The Morgan fingerprint density at radius 1 is 0.842 bits per heavy atom. The van der Waals surface area contributed by atoms with Gasteiger partial charge in [0.1, 0.15) is 6.61 Å². The molecule has 0 aromatic carbocycles. The van der Waals surface area contributed by atoms with Crippen LogP contribution in [-0.4, -0.2) is 12.6 Å². The van der Waals surface area contributed by atoms with Gasteiger partial charge < -0.3 is 4.74 Å². The average Bonchev–Trinajstić information content (AvgIpc) is 2.27. The van der Waals surface area contributed by atoms with Gasteiger partial charge in [-0.25, -0.2) is 0 Å². The van der Waals surface area contributed by atoms with Crippen molar-refractivity contribution in [3.63, 3.8) is 0 Å². The molecule has 0 bridgehead atoms. The highest BCUT2D eigenvalue weighted by Crippen LogP contribution is 2.11. The lowest BCUT2D eigenvalue weighted by Crippen LogP contribution is -1.98. The van der Waals surface area contributed by atoms with Gasteiger partial charge in [0.05, 0.1) is 0 Å². The average molecular weight is 264 g/mol. The first kappa shape index (κ1) is 17.7. The highest BCUT2D eigenvalue weighted by molar-refractivity contribution is 5.66. The summed E-state index contributed by atoms with van der Waals surface area (Å²) in [6.07, 6.45) is 10.9. The van der Waals surface area contributed by atoms with Gasteiger partial charge in [-0.3, -0.25) is 4.79 Å². The van der Waals surface area contributed by atoms with Crippen LogP contribution in [0.4, 0.5) is 0 Å². The van der Waals surface area contributed by atoms with E-state index in [2.05, 4.69) is 39.8 Å². The molecule has 0 aromatic heterocycles. The van der Waals surface area contributed by atoms with Crippen molar-refractivity contribution in [2.75, 3.05) is 6.61 Å². The second kappa shape index (κ2) is 10.6. The topological polar surface area (TPSA) is 26.3 Å². The molecule has 108 valence electrons. The van der Waals surface area contributed by atoms with Crippen molar-refractivity contribution in [2.24, 2.45) is 0 Å². The van der Waals surface area contributed by atoms with E-state index in [-0.39, 0.29) is 5.97 Å². The number of rotatable bonds is 8. The molecule has 0 atom stereocenters. The summed E-state index contributed by atoms with van der Waals surface area (Å²) in [7, 11) is 0. The molecular formula is C17H28O2. The second-order valence-electron chi connectivity index (χ2n) is 5.26. The number of ether oxygens (including phenoxy) is 1. The minimum absolute atomic E-state index is 0.223. The Morgan fingerprint density at radius 3 is 1.89 bits per heavy atom.